The molecule has 1 saturated heterocycles. The van der Waals surface area contributed by atoms with E-state index >= 15 is 0 Å². The molecule has 2 heterocycles. The van der Waals surface area contributed by atoms with Crippen LogP contribution in [-0.4, -0.2) is 23.0 Å². The summed E-state index contributed by atoms with van der Waals surface area (Å²) in [4.78, 5) is 18.3. The van der Waals surface area contributed by atoms with Crippen LogP contribution in [0.3, 0.4) is 0 Å². The summed E-state index contributed by atoms with van der Waals surface area (Å²) in [5.41, 5.74) is -0.353. The van der Waals surface area contributed by atoms with Crippen molar-refractivity contribution in [2.45, 2.75) is 64.5 Å². The maximum absolute atomic E-state index is 12.6. The lowest BCUT2D eigenvalue weighted by Crippen LogP contribution is -2.53. The summed E-state index contributed by atoms with van der Waals surface area (Å²) < 4.78 is 0. The van der Waals surface area contributed by atoms with Gasteiger partial charge in [0.2, 0.25) is 5.91 Å². The van der Waals surface area contributed by atoms with Crippen molar-refractivity contribution in [2.24, 2.45) is 0 Å². The van der Waals surface area contributed by atoms with Crippen LogP contribution in [0.1, 0.15) is 62.4 Å². The SMILES string of the molecule is CCCC1(C(=O)NC(C)c2ncc(CC)s2)CCCN1. The number of hydrogen-bond donors (Lipinski definition) is 2. The maximum atomic E-state index is 12.6. The van der Waals surface area contributed by atoms with Crippen LogP contribution in [0.15, 0.2) is 6.20 Å². The number of nitrogens with zero attached hydrogens (tertiary/aromatic N) is 1. The van der Waals surface area contributed by atoms with E-state index in [1.54, 1.807) is 11.3 Å². The molecule has 2 atom stereocenters. The van der Waals surface area contributed by atoms with E-state index in [9.17, 15) is 4.79 Å². The standard InChI is InChI=1S/C15H25N3OS/c1-4-7-15(8-6-9-17-15)14(19)18-11(3)13-16-10-12(5-2)20-13/h10-11,17H,4-9H2,1-3H3,(H,18,19). The molecular formula is C15H25N3OS. The molecule has 1 aliphatic rings. The van der Waals surface area contributed by atoms with E-state index in [0.717, 1.165) is 43.7 Å². The zero-order valence-electron chi connectivity index (χ0n) is 12.7. The van der Waals surface area contributed by atoms with Gasteiger partial charge in [0.1, 0.15) is 5.01 Å². The summed E-state index contributed by atoms with van der Waals surface area (Å²) >= 11 is 1.69. The van der Waals surface area contributed by atoms with E-state index < -0.39 is 0 Å². The summed E-state index contributed by atoms with van der Waals surface area (Å²) in [6.07, 6.45) is 6.87. The second kappa shape index (κ2) is 6.68. The van der Waals surface area contributed by atoms with E-state index in [4.69, 9.17) is 0 Å². The Kier molecular flexibility index (Phi) is 5.16. The van der Waals surface area contributed by atoms with E-state index in [1.165, 1.54) is 4.88 Å². The van der Waals surface area contributed by atoms with Crippen LogP contribution in [0.5, 0.6) is 0 Å². The van der Waals surface area contributed by atoms with Gasteiger partial charge in [-0.25, -0.2) is 4.98 Å². The molecule has 1 aliphatic heterocycles. The number of aryl methyl sites for hydroxylation is 1. The van der Waals surface area contributed by atoms with Gasteiger partial charge in [0, 0.05) is 11.1 Å². The molecule has 2 N–H and O–H groups in total. The van der Waals surface area contributed by atoms with Crippen molar-refractivity contribution in [3.05, 3.63) is 16.1 Å². The molecule has 2 rings (SSSR count). The second-order valence-electron chi connectivity index (χ2n) is 5.58. The molecule has 0 aliphatic carbocycles. The Morgan fingerprint density at radius 1 is 1.60 bits per heavy atom. The molecule has 4 nitrogen and oxygen atoms in total. The number of amides is 1. The lowest BCUT2D eigenvalue weighted by Gasteiger charge is -2.29. The van der Waals surface area contributed by atoms with Crippen molar-refractivity contribution >= 4 is 17.2 Å². The largest absolute Gasteiger partial charge is 0.346 e. The topological polar surface area (TPSA) is 54.0 Å². The minimum absolute atomic E-state index is 0.0102. The third kappa shape index (κ3) is 3.20. The Morgan fingerprint density at radius 2 is 2.40 bits per heavy atom. The fourth-order valence-electron chi connectivity index (χ4n) is 2.84. The summed E-state index contributed by atoms with van der Waals surface area (Å²) in [5, 5.41) is 7.56. The number of aromatic nitrogens is 1. The van der Waals surface area contributed by atoms with Crippen LogP contribution in [0.4, 0.5) is 0 Å². The van der Waals surface area contributed by atoms with Gasteiger partial charge in [0.25, 0.3) is 0 Å². The lowest BCUT2D eigenvalue weighted by molar-refractivity contribution is -0.128. The number of thiazole rings is 1. The average molecular weight is 295 g/mol. The van der Waals surface area contributed by atoms with Gasteiger partial charge >= 0.3 is 0 Å². The Labute approximate surface area is 125 Å². The quantitative estimate of drug-likeness (QED) is 0.848. The van der Waals surface area contributed by atoms with Gasteiger partial charge in [-0.05, 0) is 39.2 Å². The maximum Gasteiger partial charge on any atom is 0.240 e. The van der Waals surface area contributed by atoms with Crippen molar-refractivity contribution in [1.82, 2.24) is 15.6 Å². The van der Waals surface area contributed by atoms with E-state index in [0.29, 0.717) is 0 Å². The number of nitrogens with one attached hydrogen (secondary N) is 2. The molecule has 1 aromatic heterocycles. The molecule has 1 amide bonds. The second-order valence-corrected chi connectivity index (χ2v) is 6.72. The summed E-state index contributed by atoms with van der Waals surface area (Å²) in [7, 11) is 0. The molecule has 0 saturated carbocycles. The number of rotatable bonds is 6. The molecular weight excluding hydrogens is 270 g/mol. The fourth-order valence-corrected chi connectivity index (χ4v) is 3.70. The van der Waals surface area contributed by atoms with Crippen molar-refractivity contribution in [2.75, 3.05) is 6.54 Å². The van der Waals surface area contributed by atoms with Crippen LogP contribution in [0, 0.1) is 0 Å². The zero-order valence-corrected chi connectivity index (χ0v) is 13.5. The van der Waals surface area contributed by atoms with Crippen molar-refractivity contribution in [1.29, 1.82) is 0 Å². The molecule has 1 aromatic rings. The van der Waals surface area contributed by atoms with Crippen LogP contribution < -0.4 is 10.6 Å². The lowest BCUT2D eigenvalue weighted by atomic mass is 9.90. The average Bonchev–Trinajstić information content (AvgIpc) is 3.08. The van der Waals surface area contributed by atoms with Crippen molar-refractivity contribution in [3.63, 3.8) is 0 Å². The molecule has 0 aromatic carbocycles. The smallest absolute Gasteiger partial charge is 0.240 e. The van der Waals surface area contributed by atoms with Gasteiger partial charge in [0.15, 0.2) is 0 Å². The predicted octanol–water partition coefficient (Wildman–Crippen LogP) is 2.81. The Hall–Kier alpha value is -0.940. The minimum Gasteiger partial charge on any atom is -0.346 e. The first-order chi connectivity index (χ1) is 9.61. The number of carbonyl (C=O) groups is 1. The van der Waals surface area contributed by atoms with E-state index in [2.05, 4.69) is 29.5 Å². The van der Waals surface area contributed by atoms with Gasteiger partial charge in [-0.1, -0.05) is 20.3 Å². The van der Waals surface area contributed by atoms with Gasteiger partial charge in [0.05, 0.1) is 11.6 Å². The molecule has 20 heavy (non-hydrogen) atoms. The predicted molar refractivity (Wildman–Crippen MR) is 82.9 cm³/mol. The van der Waals surface area contributed by atoms with Crippen molar-refractivity contribution in [3.8, 4) is 0 Å². The highest BCUT2D eigenvalue weighted by Crippen LogP contribution is 2.27. The van der Waals surface area contributed by atoms with Gasteiger partial charge < -0.3 is 10.6 Å². The Balaban J connectivity index is 2.02. The zero-order chi connectivity index (χ0) is 14.6. The van der Waals surface area contributed by atoms with Gasteiger partial charge in [-0.2, -0.15) is 0 Å². The van der Waals surface area contributed by atoms with E-state index in [1.807, 2.05) is 13.1 Å². The summed E-state index contributed by atoms with van der Waals surface area (Å²) in [6.45, 7) is 7.22. The third-order valence-corrected chi connectivity index (χ3v) is 5.32. The third-order valence-electron chi connectivity index (χ3n) is 3.99. The molecule has 2 unspecified atom stereocenters. The molecule has 1 fully saturated rings. The minimum atomic E-state index is -0.353. The molecule has 5 heteroatoms. The number of hydrogen-bond acceptors (Lipinski definition) is 4. The Morgan fingerprint density at radius 3 is 2.95 bits per heavy atom. The molecule has 0 radical (unpaired) electrons. The van der Waals surface area contributed by atoms with Crippen molar-refractivity contribution < 1.29 is 4.79 Å². The van der Waals surface area contributed by atoms with Crippen LogP contribution in [0.25, 0.3) is 0 Å². The van der Waals surface area contributed by atoms with E-state index in [-0.39, 0.29) is 17.5 Å². The Bertz CT molecular complexity index is 452. The monoisotopic (exact) mass is 295 g/mol. The first-order valence-electron chi connectivity index (χ1n) is 7.62. The van der Waals surface area contributed by atoms with Crippen LogP contribution in [-0.2, 0) is 11.2 Å². The highest BCUT2D eigenvalue weighted by Gasteiger charge is 2.40. The molecule has 0 spiro atoms. The van der Waals surface area contributed by atoms with Gasteiger partial charge in [-0.15, -0.1) is 11.3 Å². The summed E-state index contributed by atoms with van der Waals surface area (Å²) in [6, 6.07) is -0.0102. The molecule has 0 bridgehead atoms. The molecule has 112 valence electrons. The van der Waals surface area contributed by atoms with Crippen LogP contribution >= 0.6 is 11.3 Å². The first-order valence-corrected chi connectivity index (χ1v) is 8.43. The summed E-state index contributed by atoms with van der Waals surface area (Å²) in [5.74, 6) is 0.137. The van der Waals surface area contributed by atoms with Gasteiger partial charge in [-0.3, -0.25) is 4.79 Å². The van der Waals surface area contributed by atoms with Crippen LogP contribution in [0.2, 0.25) is 0 Å². The highest BCUT2D eigenvalue weighted by atomic mass is 32.1. The fraction of sp³-hybridized carbons (Fsp3) is 0.733. The normalized spacial score (nSPS) is 23.8. The number of carbonyl (C=O) groups excluding carboxylic acids is 1. The first kappa shape index (κ1) is 15.4. The highest BCUT2D eigenvalue weighted by molar-refractivity contribution is 7.11.